The molecule has 0 aliphatic carbocycles. The van der Waals surface area contributed by atoms with Gasteiger partial charge < -0.3 is 5.11 Å². The molecule has 1 heterocycles. The van der Waals surface area contributed by atoms with Crippen LogP contribution in [-0.2, 0) is 6.54 Å². The fourth-order valence-electron chi connectivity index (χ4n) is 0.883. The average molecular weight is 194 g/mol. The molecule has 0 aliphatic rings. The van der Waals surface area contributed by atoms with Gasteiger partial charge in [-0.1, -0.05) is 0 Å². The number of alkyl halides is 3. The van der Waals surface area contributed by atoms with Gasteiger partial charge in [-0.3, -0.25) is 4.68 Å². The molecular weight excluding hydrogens is 185 g/mol. The van der Waals surface area contributed by atoms with Gasteiger partial charge in [0.2, 0.25) is 0 Å². The van der Waals surface area contributed by atoms with Crippen LogP contribution in [0, 0.1) is 0 Å². The highest BCUT2D eigenvalue weighted by Gasteiger charge is 2.39. The Kier molecular flexibility index (Phi) is 2.60. The molecule has 0 aromatic carbocycles. The molecule has 0 saturated heterocycles. The van der Waals surface area contributed by atoms with Gasteiger partial charge in [-0.15, -0.1) is 0 Å². The summed E-state index contributed by atoms with van der Waals surface area (Å²) < 4.78 is 37.2. The Morgan fingerprint density at radius 3 is 2.62 bits per heavy atom. The second-order valence-corrected chi connectivity index (χ2v) is 2.57. The molecular formula is C7H9F3N2O. The van der Waals surface area contributed by atoms with Gasteiger partial charge in [0.15, 0.2) is 6.10 Å². The lowest BCUT2D eigenvalue weighted by Crippen LogP contribution is -2.19. The first-order chi connectivity index (χ1) is 5.95. The van der Waals surface area contributed by atoms with E-state index in [9.17, 15) is 13.2 Å². The van der Waals surface area contributed by atoms with Crippen LogP contribution in [0.5, 0.6) is 0 Å². The molecule has 13 heavy (non-hydrogen) atoms. The summed E-state index contributed by atoms with van der Waals surface area (Å²) in [6.45, 7) is 2.22. The van der Waals surface area contributed by atoms with E-state index in [4.69, 9.17) is 5.11 Å². The molecule has 0 aliphatic heterocycles. The van der Waals surface area contributed by atoms with Gasteiger partial charge in [0.25, 0.3) is 0 Å². The summed E-state index contributed by atoms with van der Waals surface area (Å²) in [4.78, 5) is 0. The molecule has 0 amide bonds. The monoisotopic (exact) mass is 194 g/mol. The van der Waals surface area contributed by atoms with Crippen LogP contribution >= 0.6 is 0 Å². The second kappa shape index (κ2) is 3.37. The highest BCUT2D eigenvalue weighted by Crippen LogP contribution is 2.31. The third-order valence-electron chi connectivity index (χ3n) is 1.60. The minimum absolute atomic E-state index is 0.227. The third-order valence-corrected chi connectivity index (χ3v) is 1.60. The van der Waals surface area contributed by atoms with Crippen molar-refractivity contribution in [1.82, 2.24) is 9.78 Å². The van der Waals surface area contributed by atoms with Crippen molar-refractivity contribution in [2.45, 2.75) is 25.7 Å². The summed E-state index contributed by atoms with van der Waals surface area (Å²) in [5.74, 6) is 0. The SMILES string of the molecule is CCn1cc([C@H](O)C(F)(F)F)cn1. The largest absolute Gasteiger partial charge is 0.418 e. The number of aliphatic hydroxyl groups is 1. The Morgan fingerprint density at radius 2 is 2.23 bits per heavy atom. The van der Waals surface area contributed by atoms with Crippen molar-refractivity contribution in [1.29, 1.82) is 0 Å². The number of halogens is 3. The number of hydrogen-bond donors (Lipinski definition) is 1. The first-order valence-corrected chi connectivity index (χ1v) is 3.72. The topological polar surface area (TPSA) is 38.0 Å². The second-order valence-electron chi connectivity index (χ2n) is 2.57. The summed E-state index contributed by atoms with van der Waals surface area (Å²) in [5.41, 5.74) is -0.227. The lowest BCUT2D eigenvalue weighted by atomic mass is 10.2. The lowest BCUT2D eigenvalue weighted by molar-refractivity contribution is -0.206. The number of nitrogens with zero attached hydrogens (tertiary/aromatic N) is 2. The van der Waals surface area contributed by atoms with E-state index in [1.807, 2.05) is 0 Å². The molecule has 1 rings (SSSR count). The maximum atomic E-state index is 12.0. The molecule has 74 valence electrons. The van der Waals surface area contributed by atoms with Crippen LogP contribution in [0.3, 0.4) is 0 Å². The Bertz CT molecular complexity index is 282. The fraction of sp³-hybridized carbons (Fsp3) is 0.571. The summed E-state index contributed by atoms with van der Waals surface area (Å²) >= 11 is 0. The zero-order valence-corrected chi connectivity index (χ0v) is 6.91. The quantitative estimate of drug-likeness (QED) is 0.774. The summed E-state index contributed by atoms with van der Waals surface area (Å²) in [5, 5.41) is 12.4. The molecule has 0 saturated carbocycles. The van der Waals surface area contributed by atoms with Crippen molar-refractivity contribution < 1.29 is 18.3 Å². The van der Waals surface area contributed by atoms with Gasteiger partial charge in [-0.05, 0) is 6.92 Å². The van der Waals surface area contributed by atoms with Gasteiger partial charge in [0.05, 0.1) is 6.20 Å². The molecule has 6 heteroatoms. The van der Waals surface area contributed by atoms with Crippen LogP contribution in [0.1, 0.15) is 18.6 Å². The van der Waals surface area contributed by atoms with Crippen molar-refractivity contribution in [3.63, 3.8) is 0 Å². The van der Waals surface area contributed by atoms with Gasteiger partial charge in [0, 0.05) is 18.3 Å². The molecule has 1 aromatic heterocycles. The molecule has 1 atom stereocenters. The maximum Gasteiger partial charge on any atom is 0.418 e. The van der Waals surface area contributed by atoms with E-state index in [0.29, 0.717) is 6.54 Å². The number of aromatic nitrogens is 2. The predicted molar refractivity (Wildman–Crippen MR) is 38.9 cm³/mol. The van der Waals surface area contributed by atoms with Gasteiger partial charge in [0.1, 0.15) is 0 Å². The molecule has 1 aromatic rings. The van der Waals surface area contributed by atoms with Crippen LogP contribution < -0.4 is 0 Å². The minimum Gasteiger partial charge on any atom is -0.379 e. The first kappa shape index (κ1) is 10.0. The van der Waals surface area contributed by atoms with Gasteiger partial charge >= 0.3 is 6.18 Å². The molecule has 0 radical (unpaired) electrons. The van der Waals surface area contributed by atoms with Gasteiger partial charge in [-0.2, -0.15) is 18.3 Å². The van der Waals surface area contributed by atoms with Crippen molar-refractivity contribution in [2.24, 2.45) is 0 Å². The highest BCUT2D eigenvalue weighted by molar-refractivity contribution is 5.09. The fourth-order valence-corrected chi connectivity index (χ4v) is 0.883. The molecule has 0 unspecified atom stereocenters. The maximum absolute atomic E-state index is 12.0. The van der Waals surface area contributed by atoms with Crippen LogP contribution in [0.25, 0.3) is 0 Å². The summed E-state index contributed by atoms with van der Waals surface area (Å²) in [6.07, 6.45) is -4.87. The molecule has 3 nitrogen and oxygen atoms in total. The third kappa shape index (κ3) is 2.21. The number of aliphatic hydroxyl groups excluding tert-OH is 1. The van der Waals surface area contributed by atoms with Crippen LogP contribution in [0.15, 0.2) is 12.4 Å². The van der Waals surface area contributed by atoms with Crippen molar-refractivity contribution in [2.75, 3.05) is 0 Å². The van der Waals surface area contributed by atoms with E-state index < -0.39 is 12.3 Å². The van der Waals surface area contributed by atoms with E-state index in [0.717, 1.165) is 6.20 Å². The normalized spacial score (nSPS) is 14.5. The lowest BCUT2D eigenvalue weighted by Gasteiger charge is -2.11. The Labute approximate surface area is 72.8 Å². The standard InChI is InChI=1S/C7H9F3N2O/c1-2-12-4-5(3-11-12)6(13)7(8,9)10/h3-4,6,13H,2H2,1H3/t6-/m0/s1. The predicted octanol–water partition coefficient (Wildman–Crippen LogP) is 1.50. The van der Waals surface area contributed by atoms with Crippen LogP contribution in [-0.4, -0.2) is 21.1 Å². The van der Waals surface area contributed by atoms with E-state index in [1.165, 1.54) is 10.9 Å². The first-order valence-electron chi connectivity index (χ1n) is 3.72. The highest BCUT2D eigenvalue weighted by atomic mass is 19.4. The van der Waals surface area contributed by atoms with Crippen molar-refractivity contribution >= 4 is 0 Å². The van der Waals surface area contributed by atoms with Crippen molar-refractivity contribution in [3.8, 4) is 0 Å². The Balaban J connectivity index is 2.83. The average Bonchev–Trinajstić information content (AvgIpc) is 2.48. The summed E-state index contributed by atoms with van der Waals surface area (Å²) in [6, 6.07) is 0. The van der Waals surface area contributed by atoms with Crippen LogP contribution in [0.2, 0.25) is 0 Å². The van der Waals surface area contributed by atoms with Crippen molar-refractivity contribution in [3.05, 3.63) is 18.0 Å². The van der Waals surface area contributed by atoms with E-state index in [1.54, 1.807) is 6.92 Å². The number of hydrogen-bond acceptors (Lipinski definition) is 2. The smallest absolute Gasteiger partial charge is 0.379 e. The molecule has 0 bridgehead atoms. The zero-order valence-electron chi connectivity index (χ0n) is 6.91. The number of aryl methyl sites for hydroxylation is 1. The molecule has 1 N–H and O–H groups in total. The number of rotatable bonds is 2. The minimum atomic E-state index is -4.62. The Hall–Kier alpha value is -1.04. The zero-order chi connectivity index (χ0) is 10.1. The Morgan fingerprint density at radius 1 is 1.62 bits per heavy atom. The van der Waals surface area contributed by atoms with E-state index in [2.05, 4.69) is 5.10 Å². The van der Waals surface area contributed by atoms with E-state index in [-0.39, 0.29) is 5.56 Å². The summed E-state index contributed by atoms with van der Waals surface area (Å²) in [7, 11) is 0. The molecule has 0 fully saturated rings. The van der Waals surface area contributed by atoms with Gasteiger partial charge in [-0.25, -0.2) is 0 Å². The molecule has 0 spiro atoms. The van der Waals surface area contributed by atoms with Crippen LogP contribution in [0.4, 0.5) is 13.2 Å². The van der Waals surface area contributed by atoms with E-state index >= 15 is 0 Å².